The molecule has 0 aliphatic carbocycles. The summed E-state index contributed by atoms with van der Waals surface area (Å²) < 4.78 is 0. The number of halogens is 1. The molecule has 2 rings (SSSR count). The molecular weight excluding hydrogens is 268 g/mol. The number of thiophene rings is 1. The van der Waals surface area contributed by atoms with Crippen LogP contribution in [-0.4, -0.2) is 19.0 Å². The van der Waals surface area contributed by atoms with E-state index in [0.29, 0.717) is 0 Å². The Morgan fingerprint density at radius 2 is 2.50 bits per heavy atom. The molecule has 3 nitrogen and oxygen atoms in total. The zero-order valence-corrected chi connectivity index (χ0v) is 12.3. The monoisotopic (exact) mass is 288 g/mol. The minimum absolute atomic E-state index is 0. The minimum Gasteiger partial charge on any atom is -0.348 e. The standard InChI is InChI=1S/C13H20N2OS.ClH/c1-2-11(12-6-4-8-17-12)15-13(16)10-5-3-7-14-9-10;/h4,6,8,10-11,14H,2-3,5,7,9H2,1H3,(H,15,16);1H/t10-,11?;/m1./s1. The smallest absolute Gasteiger partial charge is 0.224 e. The van der Waals surface area contributed by atoms with Crippen molar-refractivity contribution < 1.29 is 4.79 Å². The fourth-order valence-corrected chi connectivity index (χ4v) is 3.09. The summed E-state index contributed by atoms with van der Waals surface area (Å²) in [4.78, 5) is 13.4. The first-order valence-electron chi connectivity index (χ1n) is 6.35. The highest BCUT2D eigenvalue weighted by atomic mass is 35.5. The molecule has 1 aromatic rings. The second-order valence-corrected chi connectivity index (χ2v) is 5.51. The number of piperidine rings is 1. The number of amides is 1. The van der Waals surface area contributed by atoms with Crippen LogP contribution in [-0.2, 0) is 4.79 Å². The van der Waals surface area contributed by atoms with Gasteiger partial charge in [0.15, 0.2) is 0 Å². The first-order valence-corrected chi connectivity index (χ1v) is 7.23. The first kappa shape index (κ1) is 15.5. The molecule has 18 heavy (non-hydrogen) atoms. The predicted octanol–water partition coefficient (Wildman–Crippen LogP) is 2.74. The molecule has 1 unspecified atom stereocenters. The van der Waals surface area contributed by atoms with Gasteiger partial charge in [0.05, 0.1) is 12.0 Å². The highest BCUT2D eigenvalue weighted by molar-refractivity contribution is 7.10. The topological polar surface area (TPSA) is 41.1 Å². The molecule has 0 saturated carbocycles. The van der Waals surface area contributed by atoms with Crippen molar-refractivity contribution in [1.29, 1.82) is 0 Å². The molecule has 0 radical (unpaired) electrons. The van der Waals surface area contributed by atoms with Crippen LogP contribution in [0.5, 0.6) is 0 Å². The molecule has 2 atom stereocenters. The normalized spacial score (nSPS) is 20.8. The largest absolute Gasteiger partial charge is 0.348 e. The van der Waals surface area contributed by atoms with Crippen LogP contribution in [0.3, 0.4) is 0 Å². The van der Waals surface area contributed by atoms with E-state index in [1.165, 1.54) is 4.88 Å². The summed E-state index contributed by atoms with van der Waals surface area (Å²) in [6.07, 6.45) is 3.07. The second kappa shape index (κ2) is 7.77. The van der Waals surface area contributed by atoms with Gasteiger partial charge < -0.3 is 10.6 Å². The number of carbonyl (C=O) groups excluding carboxylic acids is 1. The van der Waals surface area contributed by atoms with Gasteiger partial charge in [-0.3, -0.25) is 4.79 Å². The summed E-state index contributed by atoms with van der Waals surface area (Å²) in [7, 11) is 0. The zero-order chi connectivity index (χ0) is 12.1. The predicted molar refractivity (Wildman–Crippen MR) is 78.3 cm³/mol. The average Bonchev–Trinajstić information content (AvgIpc) is 2.90. The lowest BCUT2D eigenvalue weighted by Gasteiger charge is -2.24. The van der Waals surface area contributed by atoms with Gasteiger partial charge in [0.2, 0.25) is 5.91 Å². The molecule has 2 heterocycles. The molecule has 1 aliphatic rings. The Bertz CT molecular complexity index is 350. The number of hydrogen-bond donors (Lipinski definition) is 2. The van der Waals surface area contributed by atoms with Crippen molar-refractivity contribution in [2.75, 3.05) is 13.1 Å². The second-order valence-electron chi connectivity index (χ2n) is 4.53. The fraction of sp³-hybridized carbons (Fsp3) is 0.615. The van der Waals surface area contributed by atoms with Crippen molar-refractivity contribution in [2.24, 2.45) is 5.92 Å². The van der Waals surface area contributed by atoms with E-state index in [0.717, 1.165) is 32.4 Å². The molecule has 102 valence electrons. The van der Waals surface area contributed by atoms with Crippen LogP contribution >= 0.6 is 23.7 Å². The van der Waals surface area contributed by atoms with Crippen molar-refractivity contribution in [3.63, 3.8) is 0 Å². The average molecular weight is 289 g/mol. The van der Waals surface area contributed by atoms with Gasteiger partial charge in [0.1, 0.15) is 0 Å². The van der Waals surface area contributed by atoms with Crippen LogP contribution < -0.4 is 10.6 Å². The quantitative estimate of drug-likeness (QED) is 0.894. The van der Waals surface area contributed by atoms with E-state index in [4.69, 9.17) is 0 Å². The van der Waals surface area contributed by atoms with Crippen LogP contribution in [0.4, 0.5) is 0 Å². The van der Waals surface area contributed by atoms with Gasteiger partial charge in [-0.1, -0.05) is 13.0 Å². The molecule has 1 saturated heterocycles. The Morgan fingerprint density at radius 1 is 1.67 bits per heavy atom. The van der Waals surface area contributed by atoms with Gasteiger partial charge in [-0.2, -0.15) is 0 Å². The van der Waals surface area contributed by atoms with E-state index in [1.54, 1.807) is 11.3 Å². The number of nitrogens with one attached hydrogen (secondary N) is 2. The fourth-order valence-electron chi connectivity index (χ4n) is 2.23. The number of hydrogen-bond acceptors (Lipinski definition) is 3. The van der Waals surface area contributed by atoms with Gasteiger partial charge in [-0.25, -0.2) is 0 Å². The van der Waals surface area contributed by atoms with Gasteiger partial charge in [0.25, 0.3) is 0 Å². The lowest BCUT2D eigenvalue weighted by molar-refractivity contribution is -0.126. The van der Waals surface area contributed by atoms with E-state index in [2.05, 4.69) is 29.0 Å². The van der Waals surface area contributed by atoms with Crippen molar-refractivity contribution >= 4 is 29.7 Å². The Hall–Kier alpha value is -0.580. The molecule has 1 fully saturated rings. The summed E-state index contributed by atoms with van der Waals surface area (Å²) in [5, 5.41) is 8.52. The summed E-state index contributed by atoms with van der Waals surface area (Å²) in [6, 6.07) is 4.32. The van der Waals surface area contributed by atoms with E-state index in [-0.39, 0.29) is 30.3 Å². The molecule has 2 N–H and O–H groups in total. The minimum atomic E-state index is 0. The summed E-state index contributed by atoms with van der Waals surface area (Å²) in [5.41, 5.74) is 0. The lowest BCUT2D eigenvalue weighted by atomic mass is 9.98. The SMILES string of the molecule is CCC(NC(=O)[C@@H]1CCCNC1)c1cccs1.Cl. The van der Waals surface area contributed by atoms with Crippen molar-refractivity contribution in [3.05, 3.63) is 22.4 Å². The number of carbonyl (C=O) groups is 1. The highest BCUT2D eigenvalue weighted by Gasteiger charge is 2.23. The maximum Gasteiger partial charge on any atom is 0.224 e. The van der Waals surface area contributed by atoms with Crippen LogP contribution in [0.15, 0.2) is 17.5 Å². The van der Waals surface area contributed by atoms with Gasteiger partial charge >= 0.3 is 0 Å². The molecule has 0 bridgehead atoms. The van der Waals surface area contributed by atoms with Crippen molar-refractivity contribution in [1.82, 2.24) is 10.6 Å². The van der Waals surface area contributed by atoms with E-state index < -0.39 is 0 Å². The number of rotatable bonds is 4. The maximum absolute atomic E-state index is 12.1. The molecule has 1 amide bonds. The Kier molecular flexibility index (Phi) is 6.68. The lowest BCUT2D eigenvalue weighted by Crippen LogP contribution is -2.41. The summed E-state index contributed by atoms with van der Waals surface area (Å²) in [6.45, 7) is 3.99. The summed E-state index contributed by atoms with van der Waals surface area (Å²) >= 11 is 1.71. The van der Waals surface area contributed by atoms with Crippen molar-refractivity contribution in [2.45, 2.75) is 32.2 Å². The molecule has 0 spiro atoms. The van der Waals surface area contributed by atoms with Gasteiger partial charge in [0, 0.05) is 11.4 Å². The first-order chi connectivity index (χ1) is 8.31. The zero-order valence-electron chi connectivity index (χ0n) is 10.6. The van der Waals surface area contributed by atoms with Gasteiger partial charge in [-0.05, 0) is 37.3 Å². The molecule has 5 heteroatoms. The molecule has 1 aromatic heterocycles. The van der Waals surface area contributed by atoms with E-state index in [1.807, 2.05) is 6.07 Å². The van der Waals surface area contributed by atoms with Crippen LogP contribution in [0.2, 0.25) is 0 Å². The van der Waals surface area contributed by atoms with E-state index in [9.17, 15) is 4.79 Å². The van der Waals surface area contributed by atoms with Crippen LogP contribution in [0, 0.1) is 5.92 Å². The Morgan fingerprint density at radius 3 is 3.06 bits per heavy atom. The summed E-state index contributed by atoms with van der Waals surface area (Å²) in [5.74, 6) is 0.357. The Labute approximate surface area is 119 Å². The molecule has 1 aliphatic heterocycles. The third-order valence-electron chi connectivity index (χ3n) is 3.28. The van der Waals surface area contributed by atoms with Crippen LogP contribution in [0.1, 0.15) is 37.1 Å². The maximum atomic E-state index is 12.1. The Balaban J connectivity index is 0.00000162. The van der Waals surface area contributed by atoms with E-state index >= 15 is 0 Å². The van der Waals surface area contributed by atoms with Crippen LogP contribution in [0.25, 0.3) is 0 Å². The third-order valence-corrected chi connectivity index (χ3v) is 4.27. The molecular formula is C13H21ClN2OS. The highest BCUT2D eigenvalue weighted by Crippen LogP contribution is 2.22. The third kappa shape index (κ3) is 3.97. The van der Waals surface area contributed by atoms with Crippen molar-refractivity contribution in [3.8, 4) is 0 Å². The molecule has 0 aromatic carbocycles. The van der Waals surface area contributed by atoms with Gasteiger partial charge in [-0.15, -0.1) is 23.7 Å².